The van der Waals surface area contributed by atoms with Gasteiger partial charge in [-0.2, -0.15) is 0 Å². The minimum atomic E-state index is -1.18. The molecule has 69 heavy (non-hydrogen) atoms. The average Bonchev–Trinajstić information content (AvgIpc) is 3.39. The summed E-state index contributed by atoms with van der Waals surface area (Å²) in [6, 6.07) is 59.0. The number of hydrogen-bond acceptors (Lipinski definition) is 12. The van der Waals surface area contributed by atoms with Gasteiger partial charge >= 0.3 is 0 Å². The zero-order valence-electron chi connectivity index (χ0n) is 38.8. The van der Waals surface area contributed by atoms with Gasteiger partial charge in [-0.1, -0.05) is 182 Å². The number of rotatable bonds is 25. The van der Waals surface area contributed by atoms with E-state index in [1.165, 1.54) is 7.11 Å². The van der Waals surface area contributed by atoms with Crippen LogP contribution in [-0.2, 0) is 87.0 Å². The van der Waals surface area contributed by atoms with E-state index in [2.05, 4.69) is 0 Å². The lowest BCUT2D eigenvalue weighted by atomic mass is 9.89. The van der Waals surface area contributed by atoms with Crippen molar-refractivity contribution in [3.05, 3.63) is 225 Å². The number of nitrogens with zero attached hydrogens (tertiary/aromatic N) is 1. The Labute approximate surface area is 404 Å². The minimum Gasteiger partial charge on any atom is -0.374 e. The van der Waals surface area contributed by atoms with Crippen LogP contribution in [0.2, 0.25) is 0 Å². The topological polar surface area (TPSA) is 135 Å². The molecule has 0 unspecified atom stereocenters. The van der Waals surface area contributed by atoms with Crippen molar-refractivity contribution in [3.8, 4) is 0 Å². The SMILES string of the molecule is CO[C@@H]1O[C@H](COCc2ccccc2)[C@@H](O[C@H]2O[C@H](COCc3ccccc3)[C@@H](OCc3ccccc3)[C@H](OCc3ccccc3)[C@H]2OCc2ccccc2)[C@H](OCc2ccccc2)[C@H]1C[N+](=O)[O-]. The van der Waals surface area contributed by atoms with E-state index >= 15 is 0 Å². The second-order valence-corrected chi connectivity index (χ2v) is 17.1. The van der Waals surface area contributed by atoms with Gasteiger partial charge in [-0.3, -0.25) is 10.1 Å². The molecule has 0 aromatic heterocycles. The van der Waals surface area contributed by atoms with Crippen molar-refractivity contribution in [1.82, 2.24) is 0 Å². The van der Waals surface area contributed by atoms with Crippen LogP contribution in [0.3, 0.4) is 0 Å². The van der Waals surface area contributed by atoms with Gasteiger partial charge in [0.05, 0.1) is 52.9 Å². The molecule has 0 bridgehead atoms. The van der Waals surface area contributed by atoms with Crippen LogP contribution in [0.15, 0.2) is 182 Å². The van der Waals surface area contributed by atoms with Crippen LogP contribution in [-0.4, -0.2) is 87.1 Å². The first kappa shape index (κ1) is 49.7. The van der Waals surface area contributed by atoms with Crippen molar-refractivity contribution in [2.45, 2.75) is 94.9 Å². The zero-order chi connectivity index (χ0) is 47.5. The number of ether oxygens (including phenoxy) is 10. The van der Waals surface area contributed by atoms with Crippen molar-refractivity contribution in [2.24, 2.45) is 5.92 Å². The largest absolute Gasteiger partial charge is 0.374 e. The fourth-order valence-electron chi connectivity index (χ4n) is 8.72. The summed E-state index contributed by atoms with van der Waals surface area (Å²) in [5.41, 5.74) is 5.64. The van der Waals surface area contributed by atoms with Crippen LogP contribution < -0.4 is 0 Å². The molecule has 13 nitrogen and oxygen atoms in total. The van der Waals surface area contributed by atoms with E-state index in [1.807, 2.05) is 182 Å². The molecule has 0 aliphatic carbocycles. The molecule has 2 fully saturated rings. The van der Waals surface area contributed by atoms with E-state index in [1.54, 1.807) is 0 Å². The molecule has 0 spiro atoms. The Bertz CT molecular complexity index is 2350. The normalized spacial score (nSPS) is 24.7. The highest BCUT2D eigenvalue weighted by Gasteiger charge is 2.55. The Morgan fingerprint density at radius 3 is 1.14 bits per heavy atom. The summed E-state index contributed by atoms with van der Waals surface area (Å²) in [6.07, 6.45) is -8.28. The third kappa shape index (κ3) is 14.7. The molecule has 10 atom stereocenters. The molecular formula is C56H61NO12. The Kier molecular flexibility index (Phi) is 19.0. The third-order valence-electron chi connectivity index (χ3n) is 12.2. The predicted molar refractivity (Wildman–Crippen MR) is 257 cm³/mol. The molecule has 6 aromatic carbocycles. The van der Waals surface area contributed by atoms with Gasteiger partial charge < -0.3 is 47.4 Å². The van der Waals surface area contributed by atoms with E-state index in [-0.39, 0.29) is 51.2 Å². The quantitative estimate of drug-likeness (QED) is 0.0400. The van der Waals surface area contributed by atoms with Gasteiger partial charge in [0.15, 0.2) is 12.6 Å². The Balaban J connectivity index is 1.19. The number of benzene rings is 6. The van der Waals surface area contributed by atoms with Crippen LogP contribution >= 0.6 is 0 Å². The highest BCUT2D eigenvalue weighted by molar-refractivity contribution is 5.18. The van der Waals surface area contributed by atoms with Gasteiger partial charge in [-0.15, -0.1) is 0 Å². The molecule has 0 saturated carbocycles. The first-order chi connectivity index (χ1) is 34.0. The van der Waals surface area contributed by atoms with Gasteiger partial charge in [0.1, 0.15) is 48.6 Å². The number of methoxy groups -OCH3 is 1. The Hall–Kier alpha value is -5.68. The van der Waals surface area contributed by atoms with Gasteiger partial charge in [0, 0.05) is 12.0 Å². The molecule has 0 N–H and O–H groups in total. The van der Waals surface area contributed by atoms with Gasteiger partial charge in [0.25, 0.3) is 0 Å². The monoisotopic (exact) mass is 939 g/mol. The van der Waals surface area contributed by atoms with E-state index in [0.29, 0.717) is 6.61 Å². The van der Waals surface area contributed by atoms with Gasteiger partial charge in [0.2, 0.25) is 6.54 Å². The summed E-state index contributed by atoms with van der Waals surface area (Å²) >= 11 is 0. The molecule has 0 radical (unpaired) electrons. The predicted octanol–water partition coefficient (Wildman–Crippen LogP) is 9.14. The Morgan fingerprint density at radius 1 is 0.420 bits per heavy atom. The first-order valence-electron chi connectivity index (χ1n) is 23.5. The van der Waals surface area contributed by atoms with Crippen LogP contribution in [0.25, 0.3) is 0 Å². The molecule has 6 aromatic rings. The molecule has 8 rings (SSSR count). The Morgan fingerprint density at radius 2 is 0.754 bits per heavy atom. The highest BCUT2D eigenvalue weighted by Crippen LogP contribution is 2.38. The summed E-state index contributed by atoms with van der Waals surface area (Å²) in [5.74, 6) is -0.909. The molecule has 2 aliphatic heterocycles. The maximum Gasteiger partial charge on any atom is 0.214 e. The second kappa shape index (κ2) is 26.3. The van der Waals surface area contributed by atoms with E-state index < -0.39 is 67.8 Å². The molecule has 13 heteroatoms. The van der Waals surface area contributed by atoms with Crippen molar-refractivity contribution >= 4 is 0 Å². The van der Waals surface area contributed by atoms with Crippen molar-refractivity contribution in [2.75, 3.05) is 26.9 Å². The van der Waals surface area contributed by atoms with E-state index in [0.717, 1.165) is 33.4 Å². The third-order valence-corrected chi connectivity index (χ3v) is 12.2. The summed E-state index contributed by atoms with van der Waals surface area (Å²) in [7, 11) is 1.47. The van der Waals surface area contributed by atoms with Crippen LogP contribution in [0, 0.1) is 16.0 Å². The summed E-state index contributed by atoms with van der Waals surface area (Å²) in [6.45, 7) is 0.960. The molecule has 2 aliphatic rings. The lowest BCUT2D eigenvalue weighted by Crippen LogP contribution is -2.65. The standard InChI is InChI=1S/C56H61NO12/c1-60-55-47(32-57(58)59)50(63-35-43-24-12-4-13-25-43)52(49(67-55)40-62-34-42-22-10-3-11-23-42)69-56-54(66-38-46-30-18-7-19-31-46)53(65-37-45-28-16-6-17-29-45)51(64-36-44-26-14-5-15-27-44)48(68-56)39-61-33-41-20-8-2-9-21-41/h2-31,47-56H,32-40H2,1H3/t47-,48-,49-,50-,51-,52-,53+,54-,55-,56-/m1/s1. The second-order valence-electron chi connectivity index (χ2n) is 17.1. The van der Waals surface area contributed by atoms with Crippen molar-refractivity contribution < 1.29 is 52.3 Å². The number of hydrogen-bond donors (Lipinski definition) is 0. The summed E-state index contributed by atoms with van der Waals surface area (Å²) < 4.78 is 67.4. The lowest BCUT2D eigenvalue weighted by molar-refractivity contribution is -0.503. The minimum absolute atomic E-state index is 0.0262. The molecule has 2 heterocycles. The summed E-state index contributed by atoms with van der Waals surface area (Å²) in [4.78, 5) is 12.1. The first-order valence-corrected chi connectivity index (χ1v) is 23.5. The molecule has 362 valence electrons. The zero-order valence-corrected chi connectivity index (χ0v) is 38.8. The number of nitro groups is 1. The molecular weight excluding hydrogens is 879 g/mol. The van der Waals surface area contributed by atoms with Crippen LogP contribution in [0.4, 0.5) is 0 Å². The maximum absolute atomic E-state index is 12.5. The van der Waals surface area contributed by atoms with Gasteiger partial charge in [-0.05, 0) is 33.4 Å². The lowest BCUT2D eigenvalue weighted by Gasteiger charge is -2.49. The average molecular weight is 940 g/mol. The van der Waals surface area contributed by atoms with E-state index in [9.17, 15) is 10.1 Å². The fraction of sp³-hybridized carbons (Fsp3) is 0.357. The summed E-state index contributed by atoms with van der Waals surface area (Å²) in [5, 5.41) is 12.5. The van der Waals surface area contributed by atoms with Crippen LogP contribution in [0.5, 0.6) is 0 Å². The smallest absolute Gasteiger partial charge is 0.214 e. The maximum atomic E-state index is 12.5. The van der Waals surface area contributed by atoms with Gasteiger partial charge in [-0.25, -0.2) is 0 Å². The fourth-order valence-corrected chi connectivity index (χ4v) is 8.72. The highest BCUT2D eigenvalue weighted by atomic mass is 16.8. The molecule has 2 saturated heterocycles. The molecule has 0 amide bonds. The van der Waals surface area contributed by atoms with Crippen molar-refractivity contribution in [1.29, 1.82) is 0 Å². The van der Waals surface area contributed by atoms with Crippen molar-refractivity contribution in [3.63, 3.8) is 0 Å². The van der Waals surface area contributed by atoms with Crippen LogP contribution in [0.1, 0.15) is 33.4 Å². The van der Waals surface area contributed by atoms with E-state index in [4.69, 9.17) is 47.4 Å².